The fourth-order valence-electron chi connectivity index (χ4n) is 5.78. The molecule has 3 heterocycles. The van der Waals surface area contributed by atoms with Crippen LogP contribution in [-0.4, -0.2) is 19.9 Å². The van der Waals surface area contributed by atoms with E-state index in [4.69, 9.17) is 19.1 Å². The van der Waals surface area contributed by atoms with Gasteiger partial charge in [-0.15, -0.1) is 0 Å². The Kier molecular flexibility index (Phi) is 5.24. The van der Waals surface area contributed by atoms with Gasteiger partial charge in [-0.1, -0.05) is 109 Å². The van der Waals surface area contributed by atoms with Gasteiger partial charge in [-0.05, 0) is 52.5 Å². The molecule has 8 rings (SSSR count). The predicted octanol–water partition coefficient (Wildman–Crippen LogP) is 9.70. The van der Waals surface area contributed by atoms with Gasteiger partial charge in [0.15, 0.2) is 5.82 Å². The molecule has 3 aromatic heterocycles. The van der Waals surface area contributed by atoms with Crippen LogP contribution < -0.4 is 0 Å². The highest BCUT2D eigenvalue weighted by atomic mass is 14.9. The van der Waals surface area contributed by atoms with Crippen molar-refractivity contribution in [2.24, 2.45) is 0 Å². The largest absolute Gasteiger partial charge is 0.251 e. The quantitative estimate of drug-likeness (QED) is 0.204. The standard InChI is InChI=1S/C39H26N4/c1-25-14-15-27-16-17-28-18-21-36(43-38(28)37(27)42-25)29-10-7-11-30(22-29)39-40-23-31(24-41-39)33-20-19-32(26-8-3-2-4-9-26)34-12-5-6-13-35(33)34/h2-24H,1H3/i1D3. The smallest absolute Gasteiger partial charge is 0.159 e. The summed E-state index contributed by atoms with van der Waals surface area (Å²) in [6, 6.07) is 42.4. The summed E-state index contributed by atoms with van der Waals surface area (Å²) in [4.78, 5) is 19.0. The lowest BCUT2D eigenvalue weighted by Crippen LogP contribution is -1.93. The van der Waals surface area contributed by atoms with Crippen molar-refractivity contribution in [2.45, 2.75) is 6.85 Å². The average Bonchev–Trinajstić information content (AvgIpc) is 3.11. The van der Waals surface area contributed by atoms with Gasteiger partial charge in [0, 0.05) is 49.7 Å². The highest BCUT2D eigenvalue weighted by Crippen LogP contribution is 2.36. The molecule has 0 unspecified atom stereocenters. The van der Waals surface area contributed by atoms with Crippen LogP contribution in [0.5, 0.6) is 0 Å². The second-order valence-corrected chi connectivity index (χ2v) is 10.6. The van der Waals surface area contributed by atoms with E-state index in [0.717, 1.165) is 44.1 Å². The first-order valence-electron chi connectivity index (χ1n) is 15.6. The van der Waals surface area contributed by atoms with Crippen LogP contribution in [0.3, 0.4) is 0 Å². The van der Waals surface area contributed by atoms with Crippen LogP contribution >= 0.6 is 0 Å². The Hall–Kier alpha value is -5.74. The molecule has 0 amide bonds. The monoisotopic (exact) mass is 553 g/mol. The van der Waals surface area contributed by atoms with Gasteiger partial charge in [-0.25, -0.2) is 15.0 Å². The molecule has 0 radical (unpaired) electrons. The molecule has 5 aromatic carbocycles. The molecule has 0 spiro atoms. The first-order valence-corrected chi connectivity index (χ1v) is 14.1. The van der Waals surface area contributed by atoms with Crippen molar-refractivity contribution in [3.8, 4) is 44.9 Å². The third kappa shape index (κ3) is 4.50. The highest BCUT2D eigenvalue weighted by molar-refractivity contribution is 6.05. The normalized spacial score (nSPS) is 12.7. The van der Waals surface area contributed by atoms with E-state index in [1.807, 2.05) is 67.0 Å². The summed E-state index contributed by atoms with van der Waals surface area (Å²) in [6.45, 7) is -2.30. The maximum absolute atomic E-state index is 7.82. The Labute approximate surface area is 253 Å². The van der Waals surface area contributed by atoms with Crippen LogP contribution in [0.15, 0.2) is 140 Å². The molecule has 43 heavy (non-hydrogen) atoms. The van der Waals surface area contributed by atoms with Crippen molar-refractivity contribution < 1.29 is 4.11 Å². The SMILES string of the molecule is [2H]C([2H])([2H])c1ccc2ccc3ccc(-c4cccc(-c5ncc(-c6ccc(-c7ccccc7)c7ccccc67)cn5)c4)nc3c2n1. The van der Waals surface area contributed by atoms with Gasteiger partial charge in [0.1, 0.15) is 0 Å². The highest BCUT2D eigenvalue weighted by Gasteiger charge is 2.12. The Bertz CT molecular complexity index is 2400. The van der Waals surface area contributed by atoms with Crippen molar-refractivity contribution >= 4 is 32.6 Å². The fourth-order valence-corrected chi connectivity index (χ4v) is 5.78. The minimum Gasteiger partial charge on any atom is -0.251 e. The third-order valence-electron chi connectivity index (χ3n) is 7.91. The molecule has 0 aliphatic carbocycles. The molecule has 0 aliphatic rings. The molecular weight excluding hydrogens is 524 g/mol. The number of aryl methyl sites for hydroxylation is 1. The number of fused-ring (bicyclic) bond motifs is 4. The molecule has 202 valence electrons. The second kappa shape index (κ2) is 10.3. The number of rotatable bonds is 4. The molecule has 0 atom stereocenters. The summed E-state index contributed by atoms with van der Waals surface area (Å²) in [5, 5.41) is 4.07. The summed E-state index contributed by atoms with van der Waals surface area (Å²) in [5.74, 6) is 0.617. The fraction of sp³-hybridized carbons (Fsp3) is 0.0256. The summed E-state index contributed by atoms with van der Waals surface area (Å²) in [5.41, 5.74) is 8.23. The molecule has 8 aromatic rings. The first-order chi connectivity index (χ1) is 22.4. The van der Waals surface area contributed by atoms with Crippen molar-refractivity contribution in [1.29, 1.82) is 0 Å². The lowest BCUT2D eigenvalue weighted by Gasteiger charge is -2.12. The second-order valence-electron chi connectivity index (χ2n) is 10.6. The molecule has 0 N–H and O–H groups in total. The number of hydrogen-bond acceptors (Lipinski definition) is 4. The van der Waals surface area contributed by atoms with E-state index < -0.39 is 6.85 Å². The van der Waals surface area contributed by atoms with Crippen LogP contribution in [0, 0.1) is 6.85 Å². The maximum atomic E-state index is 7.82. The van der Waals surface area contributed by atoms with E-state index in [-0.39, 0.29) is 5.69 Å². The lowest BCUT2D eigenvalue weighted by atomic mass is 9.93. The Balaban J connectivity index is 1.15. The molecular formula is C39H26N4. The number of nitrogens with zero attached hydrogens (tertiary/aromatic N) is 4. The van der Waals surface area contributed by atoms with Crippen molar-refractivity contribution in [3.63, 3.8) is 0 Å². The van der Waals surface area contributed by atoms with Crippen LogP contribution in [0.4, 0.5) is 0 Å². The Morgan fingerprint density at radius 2 is 1.09 bits per heavy atom. The zero-order valence-corrected chi connectivity index (χ0v) is 23.1. The van der Waals surface area contributed by atoms with Gasteiger partial charge in [0.2, 0.25) is 0 Å². The van der Waals surface area contributed by atoms with E-state index in [1.165, 1.54) is 16.5 Å². The Morgan fingerprint density at radius 3 is 1.84 bits per heavy atom. The summed E-state index contributed by atoms with van der Waals surface area (Å²) in [6.07, 6.45) is 3.77. The topological polar surface area (TPSA) is 51.6 Å². The van der Waals surface area contributed by atoms with Crippen LogP contribution in [-0.2, 0) is 0 Å². The van der Waals surface area contributed by atoms with Crippen molar-refractivity contribution in [2.75, 3.05) is 0 Å². The van der Waals surface area contributed by atoms with E-state index in [2.05, 4.69) is 65.6 Å². The maximum Gasteiger partial charge on any atom is 0.159 e. The predicted molar refractivity (Wildman–Crippen MR) is 177 cm³/mol. The molecule has 0 bridgehead atoms. The van der Waals surface area contributed by atoms with Crippen LogP contribution in [0.1, 0.15) is 9.81 Å². The number of aromatic nitrogens is 4. The summed E-state index contributed by atoms with van der Waals surface area (Å²) >= 11 is 0. The lowest BCUT2D eigenvalue weighted by molar-refractivity contribution is 1.18. The van der Waals surface area contributed by atoms with Gasteiger partial charge >= 0.3 is 0 Å². The summed E-state index contributed by atoms with van der Waals surface area (Å²) in [7, 11) is 0. The Morgan fingerprint density at radius 1 is 0.488 bits per heavy atom. The molecule has 0 fully saturated rings. The van der Waals surface area contributed by atoms with E-state index in [0.29, 0.717) is 16.9 Å². The van der Waals surface area contributed by atoms with Gasteiger partial charge < -0.3 is 0 Å². The molecule has 4 nitrogen and oxygen atoms in total. The zero-order valence-electron chi connectivity index (χ0n) is 26.1. The number of benzene rings is 5. The number of hydrogen-bond donors (Lipinski definition) is 0. The van der Waals surface area contributed by atoms with E-state index >= 15 is 0 Å². The minimum atomic E-state index is -2.30. The molecule has 0 saturated heterocycles. The van der Waals surface area contributed by atoms with Crippen molar-refractivity contribution in [3.05, 3.63) is 145 Å². The minimum absolute atomic E-state index is 0.0578. The van der Waals surface area contributed by atoms with Gasteiger partial charge in [0.25, 0.3) is 0 Å². The molecule has 0 aliphatic heterocycles. The van der Waals surface area contributed by atoms with Gasteiger partial charge in [-0.2, -0.15) is 0 Å². The van der Waals surface area contributed by atoms with Crippen LogP contribution in [0.2, 0.25) is 0 Å². The van der Waals surface area contributed by atoms with E-state index in [9.17, 15) is 0 Å². The number of pyridine rings is 2. The third-order valence-corrected chi connectivity index (χ3v) is 7.91. The van der Waals surface area contributed by atoms with Gasteiger partial charge in [0.05, 0.1) is 16.7 Å². The van der Waals surface area contributed by atoms with E-state index in [1.54, 1.807) is 12.1 Å². The summed E-state index contributed by atoms with van der Waals surface area (Å²) < 4.78 is 23.4. The van der Waals surface area contributed by atoms with Crippen LogP contribution in [0.25, 0.3) is 77.5 Å². The molecule has 4 heteroatoms. The average molecular weight is 554 g/mol. The molecule has 0 saturated carbocycles. The van der Waals surface area contributed by atoms with Gasteiger partial charge in [-0.3, -0.25) is 4.98 Å². The zero-order chi connectivity index (χ0) is 31.3. The van der Waals surface area contributed by atoms with Crippen molar-refractivity contribution in [1.82, 2.24) is 19.9 Å². The first kappa shape index (κ1) is 21.9.